The van der Waals surface area contributed by atoms with Crippen LogP contribution in [-0.2, 0) is 9.53 Å². The number of carbonyl (C=O) groups is 1. The van der Waals surface area contributed by atoms with Crippen molar-refractivity contribution in [3.05, 3.63) is 24.3 Å². The maximum Gasteiger partial charge on any atom is 0.305 e. The molecule has 0 aliphatic rings. The predicted octanol–water partition coefficient (Wildman–Crippen LogP) is 2.85. The Balaban J connectivity index is 3.29. The molecule has 0 aliphatic carbocycles. The van der Waals surface area contributed by atoms with Crippen LogP contribution in [0.4, 0.5) is 0 Å². The highest BCUT2D eigenvalue weighted by Gasteiger charge is 1.96. The van der Waals surface area contributed by atoms with Gasteiger partial charge in [0.05, 0.1) is 7.11 Å². The first-order chi connectivity index (χ1) is 6.31. The molecule has 0 radical (unpaired) electrons. The summed E-state index contributed by atoms with van der Waals surface area (Å²) in [7, 11) is 1.42. The van der Waals surface area contributed by atoms with E-state index < -0.39 is 0 Å². The van der Waals surface area contributed by atoms with E-state index in [4.69, 9.17) is 0 Å². The molecule has 0 unspecified atom stereocenters. The van der Waals surface area contributed by atoms with E-state index in [0.29, 0.717) is 6.42 Å². The first-order valence-electron chi connectivity index (χ1n) is 4.69. The standard InChI is InChI=1S/C11H18O2/c1-3-4-5-6-7-8-9-10-11(12)13-2/h4-7H,3,8-10H2,1-2H3/b5-4+,7-6+. The molecule has 13 heavy (non-hydrogen) atoms. The Bertz CT molecular complexity index is 181. The highest BCUT2D eigenvalue weighted by Crippen LogP contribution is 1.98. The van der Waals surface area contributed by atoms with E-state index in [1.54, 1.807) is 0 Å². The Hall–Kier alpha value is -1.05. The molecule has 0 aromatic carbocycles. The number of rotatable bonds is 6. The molecular formula is C11H18O2. The van der Waals surface area contributed by atoms with Gasteiger partial charge in [-0.2, -0.15) is 0 Å². The molecule has 0 rings (SSSR count). The van der Waals surface area contributed by atoms with Crippen LogP contribution in [0.2, 0.25) is 0 Å². The normalized spacial score (nSPS) is 11.2. The van der Waals surface area contributed by atoms with Crippen molar-refractivity contribution in [1.29, 1.82) is 0 Å². The van der Waals surface area contributed by atoms with E-state index >= 15 is 0 Å². The summed E-state index contributed by atoms with van der Waals surface area (Å²) in [6, 6.07) is 0. The van der Waals surface area contributed by atoms with Gasteiger partial charge in [-0.1, -0.05) is 31.2 Å². The Kier molecular flexibility index (Phi) is 8.31. The minimum Gasteiger partial charge on any atom is -0.469 e. The van der Waals surface area contributed by atoms with Crippen LogP contribution in [0.3, 0.4) is 0 Å². The summed E-state index contributed by atoms with van der Waals surface area (Å²) in [6.07, 6.45) is 11.6. The van der Waals surface area contributed by atoms with Crippen LogP contribution in [0.1, 0.15) is 32.6 Å². The highest BCUT2D eigenvalue weighted by atomic mass is 16.5. The lowest BCUT2D eigenvalue weighted by atomic mass is 10.2. The third-order valence-corrected chi connectivity index (χ3v) is 1.60. The van der Waals surface area contributed by atoms with Gasteiger partial charge in [-0.15, -0.1) is 0 Å². The Morgan fingerprint density at radius 2 is 2.00 bits per heavy atom. The lowest BCUT2D eigenvalue weighted by Gasteiger charge is -1.94. The lowest BCUT2D eigenvalue weighted by molar-refractivity contribution is -0.140. The topological polar surface area (TPSA) is 26.3 Å². The van der Waals surface area contributed by atoms with E-state index in [2.05, 4.69) is 23.8 Å². The minimum atomic E-state index is -0.127. The van der Waals surface area contributed by atoms with E-state index in [1.807, 2.05) is 12.2 Å². The van der Waals surface area contributed by atoms with Gasteiger partial charge in [0.25, 0.3) is 0 Å². The van der Waals surface area contributed by atoms with Gasteiger partial charge in [0.2, 0.25) is 0 Å². The summed E-state index contributed by atoms with van der Waals surface area (Å²) in [4.78, 5) is 10.7. The van der Waals surface area contributed by atoms with E-state index in [9.17, 15) is 4.79 Å². The molecular weight excluding hydrogens is 164 g/mol. The second kappa shape index (κ2) is 9.04. The lowest BCUT2D eigenvalue weighted by Crippen LogP contribution is -1.98. The van der Waals surface area contributed by atoms with E-state index in [1.165, 1.54) is 7.11 Å². The Labute approximate surface area is 80.3 Å². The van der Waals surface area contributed by atoms with Crippen LogP contribution in [0.5, 0.6) is 0 Å². The molecule has 0 bridgehead atoms. The number of hydrogen-bond acceptors (Lipinski definition) is 2. The fourth-order valence-corrected chi connectivity index (χ4v) is 0.856. The second-order valence-electron chi connectivity index (χ2n) is 2.73. The molecule has 0 saturated carbocycles. The van der Waals surface area contributed by atoms with Crippen LogP contribution < -0.4 is 0 Å². The maximum absolute atomic E-state index is 10.7. The van der Waals surface area contributed by atoms with Crippen molar-refractivity contribution in [3.8, 4) is 0 Å². The van der Waals surface area contributed by atoms with E-state index in [-0.39, 0.29) is 5.97 Å². The van der Waals surface area contributed by atoms with Crippen LogP contribution in [0.25, 0.3) is 0 Å². The highest BCUT2D eigenvalue weighted by molar-refractivity contribution is 5.68. The third kappa shape index (κ3) is 8.86. The van der Waals surface area contributed by atoms with Gasteiger partial charge in [-0.3, -0.25) is 4.79 Å². The average Bonchev–Trinajstić information content (AvgIpc) is 2.16. The first kappa shape index (κ1) is 11.9. The Morgan fingerprint density at radius 3 is 2.62 bits per heavy atom. The summed E-state index contributed by atoms with van der Waals surface area (Å²) in [5.41, 5.74) is 0. The first-order valence-corrected chi connectivity index (χ1v) is 4.69. The van der Waals surface area contributed by atoms with Crippen LogP contribution in [-0.4, -0.2) is 13.1 Å². The number of esters is 1. The molecule has 0 amide bonds. The number of methoxy groups -OCH3 is 1. The molecule has 0 heterocycles. The predicted molar refractivity (Wildman–Crippen MR) is 54.4 cm³/mol. The van der Waals surface area contributed by atoms with Crippen molar-refractivity contribution in [1.82, 2.24) is 0 Å². The zero-order chi connectivity index (χ0) is 9.94. The largest absolute Gasteiger partial charge is 0.469 e. The molecule has 74 valence electrons. The summed E-state index contributed by atoms with van der Waals surface area (Å²) in [6.45, 7) is 2.10. The SMILES string of the molecule is CC/C=C/C=C/CCCC(=O)OC. The van der Waals surface area contributed by atoms with Gasteiger partial charge in [-0.05, 0) is 19.3 Å². The van der Waals surface area contributed by atoms with Gasteiger partial charge >= 0.3 is 5.97 Å². The molecule has 0 aromatic heterocycles. The molecule has 0 atom stereocenters. The zero-order valence-electron chi connectivity index (χ0n) is 8.45. The third-order valence-electron chi connectivity index (χ3n) is 1.60. The fourth-order valence-electron chi connectivity index (χ4n) is 0.856. The average molecular weight is 182 g/mol. The van der Waals surface area contributed by atoms with Gasteiger partial charge < -0.3 is 4.74 Å². The molecule has 0 spiro atoms. The molecule has 0 aliphatic heterocycles. The van der Waals surface area contributed by atoms with Crippen LogP contribution >= 0.6 is 0 Å². The van der Waals surface area contributed by atoms with Crippen molar-refractivity contribution < 1.29 is 9.53 Å². The van der Waals surface area contributed by atoms with E-state index in [0.717, 1.165) is 19.3 Å². The monoisotopic (exact) mass is 182 g/mol. The minimum absolute atomic E-state index is 0.127. The zero-order valence-corrected chi connectivity index (χ0v) is 8.45. The fraction of sp³-hybridized carbons (Fsp3) is 0.545. The molecule has 2 nitrogen and oxygen atoms in total. The second-order valence-corrected chi connectivity index (χ2v) is 2.73. The maximum atomic E-state index is 10.7. The number of carbonyl (C=O) groups excluding carboxylic acids is 1. The molecule has 0 saturated heterocycles. The summed E-state index contributed by atoms with van der Waals surface area (Å²) >= 11 is 0. The van der Waals surface area contributed by atoms with Crippen molar-refractivity contribution >= 4 is 5.97 Å². The quantitative estimate of drug-likeness (QED) is 0.358. The van der Waals surface area contributed by atoms with Gasteiger partial charge in [0, 0.05) is 6.42 Å². The molecule has 2 heteroatoms. The van der Waals surface area contributed by atoms with Gasteiger partial charge in [0.15, 0.2) is 0 Å². The number of ether oxygens (including phenoxy) is 1. The smallest absolute Gasteiger partial charge is 0.305 e. The Morgan fingerprint density at radius 1 is 1.31 bits per heavy atom. The molecule has 0 aromatic rings. The number of unbranched alkanes of at least 4 members (excludes halogenated alkanes) is 1. The van der Waals surface area contributed by atoms with Gasteiger partial charge in [-0.25, -0.2) is 0 Å². The van der Waals surface area contributed by atoms with Crippen molar-refractivity contribution in [2.45, 2.75) is 32.6 Å². The van der Waals surface area contributed by atoms with Gasteiger partial charge in [0.1, 0.15) is 0 Å². The van der Waals surface area contributed by atoms with Crippen molar-refractivity contribution in [2.24, 2.45) is 0 Å². The van der Waals surface area contributed by atoms with Crippen LogP contribution in [0.15, 0.2) is 24.3 Å². The molecule has 0 N–H and O–H groups in total. The number of hydrogen-bond donors (Lipinski definition) is 0. The van der Waals surface area contributed by atoms with Crippen LogP contribution in [0, 0.1) is 0 Å². The summed E-state index contributed by atoms with van der Waals surface area (Å²) < 4.78 is 4.52. The van der Waals surface area contributed by atoms with Crippen molar-refractivity contribution in [2.75, 3.05) is 7.11 Å². The number of allylic oxidation sites excluding steroid dienone is 4. The van der Waals surface area contributed by atoms with Crippen molar-refractivity contribution in [3.63, 3.8) is 0 Å². The summed E-state index contributed by atoms with van der Waals surface area (Å²) in [5, 5.41) is 0. The summed E-state index contributed by atoms with van der Waals surface area (Å²) in [5.74, 6) is -0.127. The molecule has 0 fully saturated rings.